The highest BCUT2D eigenvalue weighted by Crippen LogP contribution is 2.81. The van der Waals surface area contributed by atoms with Crippen molar-refractivity contribution in [2.45, 2.75) is 75.4 Å². The Labute approximate surface area is 203 Å². The Morgan fingerprint density at radius 3 is 1.86 bits per heavy atom. The molecule has 35 heavy (non-hydrogen) atoms. The molecule has 1 aromatic rings. The zero-order valence-corrected chi connectivity index (χ0v) is 19.4. The average molecular weight is 471 g/mol. The lowest BCUT2D eigenvalue weighted by Crippen LogP contribution is -2.38. The topological polar surface area (TPSA) is 118 Å². The van der Waals surface area contributed by atoms with E-state index >= 15 is 0 Å². The minimum atomic E-state index is -0.826. The lowest BCUT2D eigenvalue weighted by atomic mass is 9.63. The van der Waals surface area contributed by atoms with Crippen molar-refractivity contribution in [1.29, 1.82) is 0 Å². The molecule has 0 amide bonds. The van der Waals surface area contributed by atoms with Crippen molar-refractivity contribution in [3.8, 4) is 0 Å². The minimum absolute atomic E-state index is 0.0143. The summed E-state index contributed by atoms with van der Waals surface area (Å²) in [5, 5.41) is 0. The first-order valence-corrected chi connectivity index (χ1v) is 12.3. The molecule has 0 aliphatic heterocycles. The van der Waals surface area contributed by atoms with Crippen molar-refractivity contribution in [3.63, 3.8) is 0 Å². The monoisotopic (exact) mass is 470 g/mol. The van der Waals surface area contributed by atoms with Crippen LogP contribution in [0.4, 0.5) is 5.69 Å². The summed E-state index contributed by atoms with van der Waals surface area (Å²) in [4.78, 5) is 61.1. The van der Waals surface area contributed by atoms with E-state index in [9.17, 15) is 19.2 Å². The van der Waals surface area contributed by atoms with Crippen LogP contribution in [-0.4, -0.2) is 36.4 Å². The third-order valence-corrected chi connectivity index (χ3v) is 8.95. The number of rotatable bonds is 6. The first-order chi connectivity index (χ1) is 17.2. The third kappa shape index (κ3) is 3.38. The van der Waals surface area contributed by atoms with Crippen LogP contribution < -0.4 is 0 Å². The van der Waals surface area contributed by atoms with Crippen molar-refractivity contribution in [1.82, 2.24) is 0 Å². The molecule has 4 aliphatic rings. The number of carbonyl (C=O) groups excluding carboxylic acids is 4. The molecule has 0 bridgehead atoms. The summed E-state index contributed by atoms with van der Waals surface area (Å²) in [6.07, 6.45) is 16.4. The van der Waals surface area contributed by atoms with Gasteiger partial charge in [0.2, 0.25) is 24.3 Å². The molecule has 178 valence electrons. The quantitative estimate of drug-likeness (QED) is 0.346. The third-order valence-electron chi connectivity index (χ3n) is 8.95. The van der Waals surface area contributed by atoms with Crippen molar-refractivity contribution in [3.05, 3.63) is 41.0 Å². The molecule has 4 aliphatic carbocycles. The lowest BCUT2D eigenvalue weighted by Gasteiger charge is -2.42. The van der Waals surface area contributed by atoms with Crippen LogP contribution in [0.1, 0.15) is 62.5 Å². The highest BCUT2D eigenvalue weighted by molar-refractivity contribution is 5.71. The van der Waals surface area contributed by atoms with Crippen LogP contribution in [0.25, 0.3) is 0 Å². The van der Waals surface area contributed by atoms with Gasteiger partial charge in [0, 0.05) is 5.41 Å². The highest BCUT2D eigenvalue weighted by Gasteiger charge is 2.79. The molecule has 1 unspecified atom stereocenters. The summed E-state index contributed by atoms with van der Waals surface area (Å²) >= 11 is 0. The summed E-state index contributed by atoms with van der Waals surface area (Å²) in [6, 6.07) is 5.61. The fourth-order valence-electron chi connectivity index (χ4n) is 7.74. The van der Waals surface area contributed by atoms with Crippen LogP contribution >= 0.6 is 0 Å². The van der Waals surface area contributed by atoms with Gasteiger partial charge in [0.1, 0.15) is 5.54 Å². The fraction of sp³-hybridized carbons (Fsp3) is 0.556. The average Bonchev–Trinajstić information content (AvgIpc) is 3.49. The number of hydrogen-bond acceptors (Lipinski definition) is 8. The molecular formula is C27H26N4O4. The largest absolute Gasteiger partial charge is 0.240 e. The second-order valence-electron chi connectivity index (χ2n) is 10.1. The molecule has 1 atom stereocenters. The Balaban J connectivity index is 1.63. The Hall–Kier alpha value is -3.52. The number of nitrogens with zero attached hydrogens (tertiary/aromatic N) is 4. The van der Waals surface area contributed by atoms with E-state index in [0.717, 1.165) is 68.1 Å². The van der Waals surface area contributed by atoms with Gasteiger partial charge in [-0.15, -0.1) is 0 Å². The highest BCUT2D eigenvalue weighted by atomic mass is 16.1. The number of aliphatic imine (C=N–C) groups is 4. The van der Waals surface area contributed by atoms with E-state index in [4.69, 9.17) is 0 Å². The van der Waals surface area contributed by atoms with Crippen LogP contribution in [0.2, 0.25) is 0 Å². The zero-order valence-electron chi connectivity index (χ0n) is 19.4. The van der Waals surface area contributed by atoms with E-state index in [-0.39, 0.29) is 29.3 Å². The molecule has 8 nitrogen and oxygen atoms in total. The summed E-state index contributed by atoms with van der Waals surface area (Å²) in [5.74, 6) is 0.508. The number of allylic oxidation sites excluding steroid dienone is 1. The van der Waals surface area contributed by atoms with Gasteiger partial charge in [-0.1, -0.05) is 18.2 Å². The second-order valence-corrected chi connectivity index (χ2v) is 10.1. The van der Waals surface area contributed by atoms with Crippen molar-refractivity contribution in [2.24, 2.45) is 37.2 Å². The fourth-order valence-corrected chi connectivity index (χ4v) is 7.74. The normalized spacial score (nSPS) is 34.8. The summed E-state index contributed by atoms with van der Waals surface area (Å²) < 4.78 is 0. The molecular weight excluding hydrogens is 444 g/mol. The van der Waals surface area contributed by atoms with Gasteiger partial charge in [0.15, 0.2) is 0 Å². The molecule has 0 radical (unpaired) electrons. The number of fused-ring (bicyclic) bond motifs is 3. The molecule has 3 fully saturated rings. The zero-order chi connectivity index (χ0) is 24.5. The van der Waals surface area contributed by atoms with Crippen LogP contribution in [0.3, 0.4) is 0 Å². The number of benzene rings is 1. The van der Waals surface area contributed by atoms with E-state index in [2.05, 4.69) is 26.0 Å². The number of hydrogen-bond donors (Lipinski definition) is 0. The molecule has 3 saturated carbocycles. The SMILES string of the molecule is O=C=Nc1cccc2c1CC=C1C2(N=C=O)C1(C1CCC(N=C=O)CC1)C1CCC(N=C=O)CC1. The van der Waals surface area contributed by atoms with Crippen LogP contribution in [0, 0.1) is 17.3 Å². The molecule has 0 heterocycles. The maximum Gasteiger partial charge on any atom is 0.240 e. The van der Waals surface area contributed by atoms with E-state index < -0.39 is 5.54 Å². The van der Waals surface area contributed by atoms with Gasteiger partial charge in [-0.3, -0.25) is 0 Å². The van der Waals surface area contributed by atoms with Gasteiger partial charge in [-0.2, -0.15) is 9.98 Å². The maximum atomic E-state index is 11.9. The van der Waals surface area contributed by atoms with Crippen molar-refractivity contribution >= 4 is 30.0 Å². The molecule has 8 heteroatoms. The molecule has 5 rings (SSSR count). The predicted molar refractivity (Wildman–Crippen MR) is 126 cm³/mol. The Morgan fingerprint density at radius 1 is 0.743 bits per heavy atom. The lowest BCUT2D eigenvalue weighted by molar-refractivity contribution is 0.0964. The Kier molecular flexibility index (Phi) is 6.15. The van der Waals surface area contributed by atoms with E-state index in [1.165, 1.54) is 0 Å². The van der Waals surface area contributed by atoms with E-state index in [1.807, 2.05) is 18.2 Å². The standard InChI is InChI=1S/C27H26N4O4/c32-14-28-20-8-4-18(5-9-20)26(19-6-10-21(11-7-19)29-15-33)25-13-12-22-23(27(25,26)31-17-35)2-1-3-24(22)30-16-34/h1-3,13,18-21H,4-12H2. The van der Waals surface area contributed by atoms with Gasteiger partial charge >= 0.3 is 0 Å². The first-order valence-electron chi connectivity index (χ1n) is 12.3. The van der Waals surface area contributed by atoms with Crippen molar-refractivity contribution < 1.29 is 19.2 Å². The van der Waals surface area contributed by atoms with Crippen LogP contribution in [0.5, 0.6) is 0 Å². The molecule has 0 saturated heterocycles. The molecule has 0 spiro atoms. The minimum Gasteiger partial charge on any atom is -0.211 e. The molecule has 1 aromatic carbocycles. The van der Waals surface area contributed by atoms with Gasteiger partial charge in [0.05, 0.1) is 17.8 Å². The smallest absolute Gasteiger partial charge is 0.211 e. The molecule has 0 N–H and O–H groups in total. The first kappa shape index (κ1) is 23.2. The van der Waals surface area contributed by atoms with Crippen molar-refractivity contribution in [2.75, 3.05) is 0 Å². The number of isocyanates is 4. The Morgan fingerprint density at radius 2 is 1.34 bits per heavy atom. The van der Waals surface area contributed by atoms with Gasteiger partial charge < -0.3 is 0 Å². The van der Waals surface area contributed by atoms with Crippen LogP contribution in [0.15, 0.2) is 49.8 Å². The maximum absolute atomic E-state index is 11.9. The predicted octanol–water partition coefficient (Wildman–Crippen LogP) is 4.46. The summed E-state index contributed by atoms with van der Waals surface area (Å²) in [6.45, 7) is 0. The molecule has 0 aromatic heterocycles. The summed E-state index contributed by atoms with van der Waals surface area (Å²) in [5.41, 5.74) is 2.37. The van der Waals surface area contributed by atoms with Gasteiger partial charge in [0.25, 0.3) is 0 Å². The second kappa shape index (κ2) is 9.26. The van der Waals surface area contributed by atoms with E-state index in [1.54, 1.807) is 24.3 Å². The van der Waals surface area contributed by atoms with Crippen LogP contribution in [-0.2, 0) is 31.1 Å². The van der Waals surface area contributed by atoms with Gasteiger partial charge in [-0.25, -0.2) is 29.2 Å². The van der Waals surface area contributed by atoms with E-state index in [0.29, 0.717) is 12.1 Å². The van der Waals surface area contributed by atoms with Gasteiger partial charge in [-0.05, 0) is 92.4 Å². The summed E-state index contributed by atoms with van der Waals surface area (Å²) in [7, 11) is 0. The Bertz CT molecular complexity index is 1210.